The predicted octanol–water partition coefficient (Wildman–Crippen LogP) is 3.78. The Morgan fingerprint density at radius 3 is 2.50 bits per heavy atom. The Hall–Kier alpha value is -1.98. The van der Waals surface area contributed by atoms with Crippen LogP contribution in [0.1, 0.15) is 5.56 Å². The molecule has 0 spiro atoms. The van der Waals surface area contributed by atoms with E-state index in [0.29, 0.717) is 10.6 Å². The van der Waals surface area contributed by atoms with Gasteiger partial charge >= 0.3 is 0 Å². The van der Waals surface area contributed by atoms with Crippen molar-refractivity contribution in [3.05, 3.63) is 53.8 Å². The van der Waals surface area contributed by atoms with Gasteiger partial charge in [0.2, 0.25) is 0 Å². The summed E-state index contributed by atoms with van der Waals surface area (Å²) >= 11 is 5.82. The lowest BCUT2D eigenvalue weighted by Gasteiger charge is -1.98. The third-order valence-electron chi connectivity index (χ3n) is 2.33. The lowest BCUT2D eigenvalue weighted by molar-refractivity contribution is 1.17. The van der Waals surface area contributed by atoms with Crippen LogP contribution in [0.5, 0.6) is 0 Å². The summed E-state index contributed by atoms with van der Waals surface area (Å²) in [5, 5.41) is 9.71. The van der Waals surface area contributed by atoms with Crippen LogP contribution >= 0.6 is 11.6 Å². The molecule has 0 bridgehead atoms. The molecule has 0 fully saturated rings. The van der Waals surface area contributed by atoms with Gasteiger partial charge in [0.1, 0.15) is 6.07 Å². The molecule has 2 aromatic rings. The minimum Gasteiger partial charge on any atom is -0.329 e. The Balaban J connectivity index is 2.55. The van der Waals surface area contributed by atoms with Crippen molar-refractivity contribution >= 4 is 17.8 Å². The normalized spacial score (nSPS) is 9.75. The quantitative estimate of drug-likeness (QED) is 0.769. The van der Waals surface area contributed by atoms with E-state index < -0.39 is 0 Å². The van der Waals surface area contributed by atoms with E-state index in [0.717, 1.165) is 11.1 Å². The highest BCUT2D eigenvalue weighted by Crippen LogP contribution is 2.25. The first kappa shape index (κ1) is 10.5. The van der Waals surface area contributed by atoms with Crippen molar-refractivity contribution in [1.82, 2.24) is 4.57 Å². The molecule has 0 N–H and O–H groups in total. The van der Waals surface area contributed by atoms with Gasteiger partial charge in [-0.1, -0.05) is 30.3 Å². The van der Waals surface area contributed by atoms with Gasteiger partial charge in [0.15, 0.2) is 0 Å². The fourth-order valence-corrected chi connectivity index (χ4v) is 1.65. The van der Waals surface area contributed by atoms with Gasteiger partial charge in [-0.15, -0.1) is 0 Å². The van der Waals surface area contributed by atoms with Gasteiger partial charge in [0.25, 0.3) is 0 Å². The molecule has 1 aromatic carbocycles. The predicted molar refractivity (Wildman–Crippen MR) is 66.0 cm³/mol. The molecule has 2 nitrogen and oxygen atoms in total. The number of aromatic nitrogens is 1. The molecule has 0 radical (unpaired) electrons. The van der Waals surface area contributed by atoms with Gasteiger partial charge < -0.3 is 4.57 Å². The van der Waals surface area contributed by atoms with Crippen LogP contribution in [-0.2, 0) is 0 Å². The van der Waals surface area contributed by atoms with Crippen molar-refractivity contribution in [2.45, 2.75) is 0 Å². The zero-order chi connectivity index (χ0) is 11.5. The van der Waals surface area contributed by atoms with Crippen LogP contribution in [0.25, 0.3) is 17.3 Å². The molecule has 0 saturated carbocycles. The number of hydrogen-bond acceptors (Lipinski definition) is 1. The fourth-order valence-electron chi connectivity index (χ4n) is 1.53. The maximum atomic E-state index is 9.02. The maximum absolute atomic E-state index is 9.02. The fraction of sp³-hybridized carbons (Fsp3) is 0. The lowest BCUT2D eigenvalue weighted by Crippen LogP contribution is -1.77. The molecular weight excluding hydrogens is 220 g/mol. The zero-order valence-electron chi connectivity index (χ0n) is 8.52. The second kappa shape index (κ2) is 4.26. The molecule has 78 valence electrons. The van der Waals surface area contributed by atoms with E-state index in [1.54, 1.807) is 17.0 Å². The van der Waals surface area contributed by atoms with Crippen LogP contribution in [0, 0.1) is 11.3 Å². The molecule has 0 aliphatic rings. The molecule has 0 amide bonds. The van der Waals surface area contributed by atoms with E-state index >= 15 is 0 Å². The highest BCUT2D eigenvalue weighted by molar-refractivity contribution is 6.30. The largest absolute Gasteiger partial charge is 0.329 e. The van der Waals surface area contributed by atoms with Crippen LogP contribution < -0.4 is 0 Å². The van der Waals surface area contributed by atoms with Gasteiger partial charge in [0, 0.05) is 29.2 Å². The summed E-state index contributed by atoms with van der Waals surface area (Å²) in [6.45, 7) is 3.66. The van der Waals surface area contributed by atoms with Crippen molar-refractivity contribution in [3.8, 4) is 17.2 Å². The SMILES string of the molecule is C=Cn1cc(C#N)c(-c2ccc(Cl)cc2)c1. The third kappa shape index (κ3) is 1.86. The molecule has 0 atom stereocenters. The Morgan fingerprint density at radius 1 is 1.25 bits per heavy atom. The van der Waals surface area contributed by atoms with Gasteiger partial charge in [0.05, 0.1) is 5.56 Å². The average molecular weight is 229 g/mol. The summed E-state index contributed by atoms with van der Waals surface area (Å²) in [7, 11) is 0. The van der Waals surface area contributed by atoms with Crippen LogP contribution in [0.4, 0.5) is 0 Å². The standard InChI is InChI=1S/C13H9ClN2/c1-2-16-8-11(7-15)13(9-16)10-3-5-12(14)6-4-10/h2-6,8-9H,1H2. The molecular formula is C13H9ClN2. The smallest absolute Gasteiger partial charge is 0.101 e. The van der Waals surface area contributed by atoms with Crippen molar-refractivity contribution in [2.75, 3.05) is 0 Å². The Kier molecular flexibility index (Phi) is 2.80. The monoisotopic (exact) mass is 228 g/mol. The van der Waals surface area contributed by atoms with E-state index in [9.17, 15) is 0 Å². The van der Waals surface area contributed by atoms with Crippen LogP contribution in [0.15, 0.2) is 43.2 Å². The summed E-state index contributed by atoms with van der Waals surface area (Å²) < 4.78 is 1.77. The molecule has 0 aliphatic carbocycles. The van der Waals surface area contributed by atoms with Crippen LogP contribution in [-0.4, -0.2) is 4.57 Å². The van der Waals surface area contributed by atoms with Gasteiger partial charge in [-0.2, -0.15) is 5.26 Å². The van der Waals surface area contributed by atoms with Crippen molar-refractivity contribution in [2.24, 2.45) is 0 Å². The van der Waals surface area contributed by atoms with Crippen molar-refractivity contribution < 1.29 is 0 Å². The Labute approximate surface area is 99.0 Å². The number of rotatable bonds is 2. The van der Waals surface area contributed by atoms with Crippen molar-refractivity contribution in [1.29, 1.82) is 5.26 Å². The number of benzene rings is 1. The number of nitrogens with zero attached hydrogens (tertiary/aromatic N) is 2. The first-order chi connectivity index (χ1) is 7.74. The van der Waals surface area contributed by atoms with Crippen LogP contribution in [0.3, 0.4) is 0 Å². The molecule has 1 aromatic heterocycles. The van der Waals surface area contributed by atoms with Crippen molar-refractivity contribution in [3.63, 3.8) is 0 Å². The Morgan fingerprint density at radius 2 is 1.94 bits per heavy atom. The number of hydrogen-bond donors (Lipinski definition) is 0. The first-order valence-corrected chi connectivity index (χ1v) is 5.12. The summed E-state index contributed by atoms with van der Waals surface area (Å²) in [6, 6.07) is 9.57. The summed E-state index contributed by atoms with van der Waals surface area (Å²) in [6.07, 6.45) is 5.27. The molecule has 2 rings (SSSR count). The average Bonchev–Trinajstić information content (AvgIpc) is 2.73. The second-order valence-electron chi connectivity index (χ2n) is 3.33. The summed E-state index contributed by atoms with van der Waals surface area (Å²) in [5.41, 5.74) is 2.49. The maximum Gasteiger partial charge on any atom is 0.101 e. The van der Waals surface area contributed by atoms with E-state index in [1.807, 2.05) is 30.5 Å². The Bertz CT molecular complexity index is 559. The van der Waals surface area contributed by atoms with E-state index in [-0.39, 0.29) is 0 Å². The first-order valence-electron chi connectivity index (χ1n) is 4.74. The molecule has 1 heterocycles. The number of halogens is 1. The molecule has 0 unspecified atom stereocenters. The van der Waals surface area contributed by atoms with Crippen LogP contribution in [0.2, 0.25) is 5.02 Å². The number of nitriles is 1. The molecule has 16 heavy (non-hydrogen) atoms. The van der Waals surface area contributed by atoms with E-state index in [2.05, 4.69) is 12.6 Å². The van der Waals surface area contributed by atoms with Gasteiger partial charge in [-0.3, -0.25) is 0 Å². The zero-order valence-corrected chi connectivity index (χ0v) is 9.28. The van der Waals surface area contributed by atoms with E-state index in [4.69, 9.17) is 16.9 Å². The minimum atomic E-state index is 0.627. The van der Waals surface area contributed by atoms with Gasteiger partial charge in [-0.05, 0) is 17.7 Å². The topological polar surface area (TPSA) is 28.7 Å². The third-order valence-corrected chi connectivity index (χ3v) is 2.58. The molecule has 0 saturated heterocycles. The molecule has 3 heteroatoms. The molecule has 0 aliphatic heterocycles. The van der Waals surface area contributed by atoms with Gasteiger partial charge in [-0.25, -0.2) is 0 Å². The summed E-state index contributed by atoms with van der Waals surface area (Å²) in [4.78, 5) is 0. The minimum absolute atomic E-state index is 0.627. The second-order valence-corrected chi connectivity index (χ2v) is 3.77. The highest BCUT2D eigenvalue weighted by atomic mass is 35.5. The lowest BCUT2D eigenvalue weighted by atomic mass is 10.1. The van der Waals surface area contributed by atoms with E-state index in [1.165, 1.54) is 0 Å². The highest BCUT2D eigenvalue weighted by Gasteiger charge is 2.07. The summed E-state index contributed by atoms with van der Waals surface area (Å²) in [5.74, 6) is 0.